The lowest BCUT2D eigenvalue weighted by atomic mass is 9.96. The van der Waals surface area contributed by atoms with E-state index in [1.807, 2.05) is 36.4 Å². The summed E-state index contributed by atoms with van der Waals surface area (Å²) in [4.78, 5) is 35.0. The van der Waals surface area contributed by atoms with E-state index in [9.17, 15) is 9.59 Å². The van der Waals surface area contributed by atoms with Gasteiger partial charge in [-0.3, -0.25) is 19.8 Å². The summed E-state index contributed by atoms with van der Waals surface area (Å²) >= 11 is 1.55. The minimum absolute atomic E-state index is 0.00855. The van der Waals surface area contributed by atoms with Crippen LogP contribution in [0.4, 0.5) is 10.9 Å². The molecule has 3 aromatic heterocycles. The first-order valence-electron chi connectivity index (χ1n) is 14.6. The van der Waals surface area contributed by atoms with Crippen molar-refractivity contribution < 1.29 is 19.0 Å². The van der Waals surface area contributed by atoms with Crippen molar-refractivity contribution in [3.63, 3.8) is 0 Å². The number of rotatable bonds is 8. The number of amides is 2. The lowest BCUT2D eigenvalue weighted by molar-refractivity contribution is 0.0139. The number of nitrogen functional groups attached to an aromatic ring is 1. The molecular formula is C30H30N10O4S. The van der Waals surface area contributed by atoms with Gasteiger partial charge < -0.3 is 15.8 Å². The number of aromatic nitrogens is 6. The number of morpholine rings is 1. The van der Waals surface area contributed by atoms with E-state index in [1.54, 1.807) is 29.5 Å². The Morgan fingerprint density at radius 1 is 1.04 bits per heavy atom. The Balaban J connectivity index is 1.02. The second kappa shape index (κ2) is 12.6. The van der Waals surface area contributed by atoms with Crippen molar-refractivity contribution in [3.05, 3.63) is 82.0 Å². The molecule has 0 radical (unpaired) electrons. The fourth-order valence-electron chi connectivity index (χ4n) is 5.70. The molecule has 14 nitrogen and oxygen atoms in total. The van der Waals surface area contributed by atoms with Crippen LogP contribution in [0.2, 0.25) is 0 Å². The monoisotopic (exact) mass is 626 g/mol. The van der Waals surface area contributed by atoms with Crippen molar-refractivity contribution in [1.29, 1.82) is 0 Å². The molecule has 0 bridgehead atoms. The summed E-state index contributed by atoms with van der Waals surface area (Å²) in [7, 11) is 0. The second-order valence-electron chi connectivity index (χ2n) is 10.8. The van der Waals surface area contributed by atoms with Gasteiger partial charge in [-0.05, 0) is 47.3 Å². The quantitative estimate of drug-likeness (QED) is 0.231. The third kappa shape index (κ3) is 6.05. The molecule has 230 valence electrons. The highest BCUT2D eigenvalue weighted by Gasteiger charge is 2.29. The summed E-state index contributed by atoms with van der Waals surface area (Å²) in [6, 6.07) is 16.7. The van der Waals surface area contributed by atoms with Crippen LogP contribution in [-0.4, -0.2) is 79.4 Å². The lowest BCUT2D eigenvalue weighted by Gasteiger charge is -2.36. The van der Waals surface area contributed by atoms with Gasteiger partial charge in [0.1, 0.15) is 5.69 Å². The molecule has 2 aromatic carbocycles. The van der Waals surface area contributed by atoms with Crippen molar-refractivity contribution in [3.8, 4) is 17.1 Å². The highest BCUT2D eigenvalue weighted by atomic mass is 32.1. The number of nitrogens with two attached hydrogens (primary N) is 1. The number of aryl methyl sites for hydroxylation is 1. The first-order chi connectivity index (χ1) is 22.0. The van der Waals surface area contributed by atoms with Crippen molar-refractivity contribution >= 4 is 34.1 Å². The number of benzene rings is 2. The van der Waals surface area contributed by atoms with Crippen LogP contribution >= 0.6 is 11.3 Å². The molecule has 1 saturated heterocycles. The van der Waals surface area contributed by atoms with Crippen LogP contribution in [0.1, 0.15) is 43.4 Å². The predicted octanol–water partition coefficient (Wildman–Crippen LogP) is 2.73. The normalized spacial score (nSPS) is 16.7. The standard InChI is InChI=1S/C30H30N10O4S/c31-26-27(37-44-36-26)40-25(19-6-2-1-3-7-19)24(35-38-40)29(42)32-17-18-5-4-8-20(15-18)28(41)34-30-33-22-10-9-21(16-23(22)45-30)39-11-13-43-14-12-39/h1-8,15,21H,9-14,16-17H2,(H2,31,36)(H,32,42)(H,33,34,41). The minimum Gasteiger partial charge on any atom is -0.379 e. The second-order valence-corrected chi connectivity index (χ2v) is 11.9. The zero-order chi connectivity index (χ0) is 30.8. The first-order valence-corrected chi connectivity index (χ1v) is 15.4. The molecule has 15 heteroatoms. The van der Waals surface area contributed by atoms with E-state index in [4.69, 9.17) is 20.1 Å². The van der Waals surface area contributed by atoms with E-state index in [2.05, 4.69) is 36.2 Å². The number of thiazole rings is 1. The summed E-state index contributed by atoms with van der Waals surface area (Å²) in [5, 5.41) is 22.1. The van der Waals surface area contributed by atoms with Gasteiger partial charge in [-0.25, -0.2) is 9.61 Å². The molecule has 1 fully saturated rings. The first kappa shape index (κ1) is 28.8. The Kier molecular flexibility index (Phi) is 8.02. The molecule has 4 heterocycles. The van der Waals surface area contributed by atoms with Gasteiger partial charge in [0, 0.05) is 41.7 Å². The lowest BCUT2D eigenvalue weighted by Crippen LogP contribution is -2.45. The average molecular weight is 627 g/mol. The molecular weight excluding hydrogens is 596 g/mol. The van der Waals surface area contributed by atoms with Crippen LogP contribution in [0.3, 0.4) is 0 Å². The molecule has 1 aliphatic carbocycles. The van der Waals surface area contributed by atoms with Crippen molar-refractivity contribution in [2.45, 2.75) is 31.8 Å². The zero-order valence-electron chi connectivity index (χ0n) is 24.2. The van der Waals surface area contributed by atoms with E-state index >= 15 is 0 Å². The van der Waals surface area contributed by atoms with E-state index in [-0.39, 0.29) is 29.8 Å². The smallest absolute Gasteiger partial charge is 0.274 e. The van der Waals surface area contributed by atoms with E-state index in [0.29, 0.717) is 28.0 Å². The zero-order valence-corrected chi connectivity index (χ0v) is 25.0. The molecule has 45 heavy (non-hydrogen) atoms. The Bertz CT molecular complexity index is 1830. The van der Waals surface area contributed by atoms with Crippen LogP contribution < -0.4 is 16.4 Å². The summed E-state index contributed by atoms with van der Waals surface area (Å²) in [5.41, 5.74) is 9.29. The van der Waals surface area contributed by atoms with Gasteiger partial charge in [0.25, 0.3) is 11.8 Å². The SMILES string of the molecule is Nc1nonc1-n1nnc(C(=O)NCc2cccc(C(=O)Nc3nc4c(s3)CC(N3CCOCC3)CC4)c2)c1-c1ccccc1. The van der Waals surface area contributed by atoms with Crippen LogP contribution in [0.25, 0.3) is 17.1 Å². The van der Waals surface area contributed by atoms with Gasteiger partial charge in [0.2, 0.25) is 11.6 Å². The number of carbonyl (C=O) groups excluding carboxylic acids is 2. The molecule has 2 aliphatic rings. The largest absolute Gasteiger partial charge is 0.379 e. The average Bonchev–Trinajstić information content (AvgIpc) is 3.82. The number of anilines is 2. The van der Waals surface area contributed by atoms with Crippen molar-refractivity contribution in [2.75, 3.05) is 37.4 Å². The Labute approximate surface area is 261 Å². The Morgan fingerprint density at radius 3 is 2.69 bits per heavy atom. The Hall–Kier alpha value is -4.99. The fourth-order valence-corrected chi connectivity index (χ4v) is 6.77. The molecule has 4 N–H and O–H groups in total. The summed E-state index contributed by atoms with van der Waals surface area (Å²) in [6.45, 7) is 3.64. The molecule has 0 spiro atoms. The maximum Gasteiger partial charge on any atom is 0.274 e. The van der Waals surface area contributed by atoms with E-state index in [1.165, 1.54) is 9.56 Å². The molecule has 1 unspecified atom stereocenters. The highest BCUT2D eigenvalue weighted by molar-refractivity contribution is 7.15. The third-order valence-corrected chi connectivity index (χ3v) is 9.00. The maximum atomic E-state index is 13.3. The Morgan fingerprint density at radius 2 is 1.89 bits per heavy atom. The summed E-state index contributed by atoms with van der Waals surface area (Å²) in [6.07, 6.45) is 2.91. The predicted molar refractivity (Wildman–Crippen MR) is 165 cm³/mol. The van der Waals surface area contributed by atoms with E-state index in [0.717, 1.165) is 56.8 Å². The maximum absolute atomic E-state index is 13.3. The summed E-state index contributed by atoms with van der Waals surface area (Å²) < 4.78 is 11.6. The topological polar surface area (TPSA) is 179 Å². The molecule has 5 aromatic rings. The van der Waals surface area contributed by atoms with Gasteiger partial charge in [0.15, 0.2) is 10.8 Å². The number of hydrogen-bond acceptors (Lipinski definition) is 12. The number of hydrogen-bond donors (Lipinski definition) is 3. The van der Waals surface area contributed by atoms with Crippen molar-refractivity contribution in [2.24, 2.45) is 0 Å². The van der Waals surface area contributed by atoms with Crippen LogP contribution in [0.15, 0.2) is 59.2 Å². The van der Waals surface area contributed by atoms with Gasteiger partial charge in [-0.2, -0.15) is 4.68 Å². The van der Waals surface area contributed by atoms with Gasteiger partial charge in [-0.1, -0.05) is 47.7 Å². The highest BCUT2D eigenvalue weighted by Crippen LogP contribution is 2.32. The number of carbonyl (C=O) groups is 2. The number of nitrogens with one attached hydrogen (secondary N) is 2. The number of nitrogens with zero attached hydrogens (tertiary/aromatic N) is 7. The van der Waals surface area contributed by atoms with E-state index < -0.39 is 5.91 Å². The third-order valence-electron chi connectivity index (χ3n) is 7.97. The number of ether oxygens (including phenoxy) is 1. The molecule has 0 saturated carbocycles. The van der Waals surface area contributed by atoms with Gasteiger partial charge >= 0.3 is 0 Å². The molecule has 1 atom stereocenters. The van der Waals surface area contributed by atoms with Crippen LogP contribution in [-0.2, 0) is 24.1 Å². The molecule has 1 aliphatic heterocycles. The van der Waals surface area contributed by atoms with Crippen molar-refractivity contribution in [1.82, 2.24) is 40.5 Å². The summed E-state index contributed by atoms with van der Waals surface area (Å²) in [5.74, 6) is -0.591. The van der Waals surface area contributed by atoms with Gasteiger partial charge in [0.05, 0.1) is 18.9 Å². The number of fused-ring (bicyclic) bond motifs is 1. The molecule has 2 amide bonds. The minimum atomic E-state index is -0.464. The fraction of sp³-hybridized carbons (Fsp3) is 0.300. The van der Waals surface area contributed by atoms with Crippen LogP contribution in [0.5, 0.6) is 0 Å². The van der Waals surface area contributed by atoms with Crippen LogP contribution in [0, 0.1) is 0 Å². The van der Waals surface area contributed by atoms with Gasteiger partial charge in [-0.15, -0.1) is 16.4 Å². The molecule has 7 rings (SSSR count).